The Morgan fingerprint density at radius 2 is 1.84 bits per heavy atom. The summed E-state index contributed by atoms with van der Waals surface area (Å²) >= 11 is 0. The lowest BCUT2D eigenvalue weighted by atomic mass is 10.2. The highest BCUT2D eigenvalue weighted by atomic mass is 32.2. The molecule has 1 heterocycles. The molecule has 96 valence electrons. The zero-order valence-corrected chi connectivity index (χ0v) is 11.3. The summed E-state index contributed by atoms with van der Waals surface area (Å²) in [5.74, 6) is 0.817. The van der Waals surface area contributed by atoms with Gasteiger partial charge in [-0.3, -0.25) is 4.21 Å². The van der Waals surface area contributed by atoms with E-state index in [1.165, 1.54) is 0 Å². The molecule has 0 unspecified atom stereocenters. The highest BCUT2D eigenvalue weighted by Gasteiger charge is 2.10. The molecule has 1 atom stereocenters. The topological polar surface area (TPSA) is 43.1 Å². The minimum atomic E-state index is -1.13. The van der Waals surface area contributed by atoms with Crippen LogP contribution in [0, 0.1) is 6.92 Å². The second-order valence-electron chi connectivity index (χ2n) is 4.38. The van der Waals surface area contributed by atoms with Crippen LogP contribution in [-0.4, -0.2) is 9.19 Å². The molecule has 0 spiro atoms. The Morgan fingerprint density at radius 3 is 2.58 bits per heavy atom. The number of para-hydroxylation sites is 2. The van der Waals surface area contributed by atoms with Gasteiger partial charge in [0.25, 0.3) is 0 Å². The van der Waals surface area contributed by atoms with Crippen molar-refractivity contribution in [1.29, 1.82) is 0 Å². The van der Waals surface area contributed by atoms with Crippen LogP contribution >= 0.6 is 0 Å². The second-order valence-corrected chi connectivity index (χ2v) is 5.83. The van der Waals surface area contributed by atoms with Crippen LogP contribution in [0.4, 0.5) is 0 Å². The summed E-state index contributed by atoms with van der Waals surface area (Å²) in [7, 11) is -1.13. The van der Waals surface area contributed by atoms with Gasteiger partial charge >= 0.3 is 0 Å². The predicted octanol–water partition coefficient (Wildman–Crippen LogP) is 3.44. The Morgan fingerprint density at radius 1 is 1.11 bits per heavy atom. The molecule has 3 nitrogen and oxygen atoms in total. The first-order chi connectivity index (χ1) is 9.22. The number of aryl methyl sites for hydroxylation is 1. The number of oxazole rings is 1. The summed E-state index contributed by atoms with van der Waals surface area (Å²) in [6, 6.07) is 15.2. The Hall–Kier alpha value is -1.94. The monoisotopic (exact) mass is 271 g/mol. The van der Waals surface area contributed by atoms with Gasteiger partial charge in [0.2, 0.25) is 5.89 Å². The molecule has 0 amide bonds. The van der Waals surface area contributed by atoms with Crippen molar-refractivity contribution in [2.45, 2.75) is 17.6 Å². The fourth-order valence-electron chi connectivity index (χ4n) is 1.87. The smallest absolute Gasteiger partial charge is 0.208 e. The van der Waals surface area contributed by atoms with Crippen molar-refractivity contribution in [2.75, 3.05) is 0 Å². The first-order valence-electron chi connectivity index (χ1n) is 6.02. The quantitative estimate of drug-likeness (QED) is 0.733. The molecule has 3 aromatic rings. The van der Waals surface area contributed by atoms with Crippen molar-refractivity contribution in [3.05, 3.63) is 60.0 Å². The number of rotatable bonds is 3. The number of benzene rings is 2. The molecule has 0 N–H and O–H groups in total. The average molecular weight is 271 g/mol. The van der Waals surface area contributed by atoms with E-state index in [0.717, 1.165) is 21.6 Å². The van der Waals surface area contributed by atoms with E-state index in [9.17, 15) is 4.21 Å². The van der Waals surface area contributed by atoms with Crippen molar-refractivity contribution in [2.24, 2.45) is 0 Å². The lowest BCUT2D eigenvalue weighted by Crippen LogP contribution is -1.96. The van der Waals surface area contributed by atoms with Gasteiger partial charge in [0.1, 0.15) is 11.3 Å². The summed E-state index contributed by atoms with van der Waals surface area (Å²) < 4.78 is 17.8. The molecule has 0 aliphatic heterocycles. The van der Waals surface area contributed by atoms with E-state index in [2.05, 4.69) is 4.98 Å². The van der Waals surface area contributed by atoms with E-state index < -0.39 is 10.8 Å². The fraction of sp³-hybridized carbons (Fsp3) is 0.133. The maximum atomic E-state index is 12.2. The Labute approximate surface area is 113 Å². The fourth-order valence-corrected chi connectivity index (χ4v) is 2.82. The normalized spacial score (nSPS) is 12.7. The van der Waals surface area contributed by atoms with Gasteiger partial charge in [0.15, 0.2) is 5.58 Å². The van der Waals surface area contributed by atoms with Gasteiger partial charge in [0.05, 0.1) is 10.8 Å². The molecule has 0 aliphatic carbocycles. The minimum Gasteiger partial charge on any atom is -0.440 e. The van der Waals surface area contributed by atoms with E-state index in [1.807, 2.05) is 55.5 Å². The number of aromatic nitrogens is 1. The second kappa shape index (κ2) is 4.97. The predicted molar refractivity (Wildman–Crippen MR) is 75.3 cm³/mol. The first kappa shape index (κ1) is 12.1. The number of fused-ring (bicyclic) bond motifs is 1. The zero-order chi connectivity index (χ0) is 13.2. The Bertz CT molecular complexity index is 698. The molecule has 0 bridgehead atoms. The molecular weight excluding hydrogens is 258 g/mol. The third kappa shape index (κ3) is 2.58. The molecule has 0 aliphatic rings. The van der Waals surface area contributed by atoms with E-state index >= 15 is 0 Å². The SMILES string of the molecule is Cc1ccc([S@@](=O)Cc2nc3ccccc3o2)cc1. The van der Waals surface area contributed by atoms with Gasteiger partial charge in [-0.1, -0.05) is 29.8 Å². The van der Waals surface area contributed by atoms with Crippen molar-refractivity contribution >= 4 is 21.9 Å². The maximum Gasteiger partial charge on any atom is 0.208 e. The maximum absolute atomic E-state index is 12.2. The van der Waals surface area contributed by atoms with Crippen molar-refractivity contribution in [3.63, 3.8) is 0 Å². The third-order valence-corrected chi connectivity index (χ3v) is 4.18. The van der Waals surface area contributed by atoms with Crippen LogP contribution in [0.2, 0.25) is 0 Å². The van der Waals surface area contributed by atoms with Crippen LogP contribution in [0.25, 0.3) is 11.1 Å². The summed E-state index contributed by atoms with van der Waals surface area (Å²) in [4.78, 5) is 5.13. The van der Waals surface area contributed by atoms with Gasteiger partial charge in [-0.15, -0.1) is 0 Å². The molecule has 0 fully saturated rings. The van der Waals surface area contributed by atoms with Gasteiger partial charge in [-0.05, 0) is 31.2 Å². The van der Waals surface area contributed by atoms with E-state index in [0.29, 0.717) is 11.6 Å². The summed E-state index contributed by atoms with van der Waals surface area (Å²) in [5.41, 5.74) is 2.69. The number of hydrogen-bond acceptors (Lipinski definition) is 3. The average Bonchev–Trinajstić information content (AvgIpc) is 2.81. The van der Waals surface area contributed by atoms with Crippen molar-refractivity contribution < 1.29 is 8.63 Å². The van der Waals surface area contributed by atoms with Crippen LogP contribution in [0.5, 0.6) is 0 Å². The van der Waals surface area contributed by atoms with Crippen LogP contribution in [0.1, 0.15) is 11.5 Å². The molecule has 0 radical (unpaired) electrons. The van der Waals surface area contributed by atoms with Crippen LogP contribution in [0.3, 0.4) is 0 Å². The lowest BCUT2D eigenvalue weighted by molar-refractivity contribution is 0.552. The van der Waals surface area contributed by atoms with E-state index in [1.54, 1.807) is 0 Å². The number of hydrogen-bond donors (Lipinski definition) is 0. The summed E-state index contributed by atoms with van der Waals surface area (Å²) in [5, 5.41) is 0. The van der Waals surface area contributed by atoms with Crippen LogP contribution in [-0.2, 0) is 16.6 Å². The van der Waals surface area contributed by atoms with Gasteiger partial charge < -0.3 is 4.42 Å². The largest absolute Gasteiger partial charge is 0.440 e. The van der Waals surface area contributed by atoms with Gasteiger partial charge in [-0.2, -0.15) is 0 Å². The van der Waals surface area contributed by atoms with E-state index in [4.69, 9.17) is 4.42 Å². The Kier molecular flexibility index (Phi) is 3.17. The molecule has 4 heteroatoms. The molecular formula is C15H13NO2S. The minimum absolute atomic E-state index is 0.303. The zero-order valence-electron chi connectivity index (χ0n) is 10.5. The highest BCUT2D eigenvalue weighted by molar-refractivity contribution is 7.84. The van der Waals surface area contributed by atoms with Crippen LogP contribution in [0.15, 0.2) is 57.8 Å². The summed E-state index contributed by atoms with van der Waals surface area (Å²) in [6.45, 7) is 2.01. The highest BCUT2D eigenvalue weighted by Crippen LogP contribution is 2.18. The molecule has 0 saturated carbocycles. The van der Waals surface area contributed by atoms with Crippen molar-refractivity contribution in [1.82, 2.24) is 4.98 Å². The molecule has 3 rings (SSSR count). The molecule has 19 heavy (non-hydrogen) atoms. The molecule has 1 aromatic heterocycles. The standard InChI is InChI=1S/C15H13NO2S/c1-11-6-8-12(9-7-11)19(17)10-15-16-13-4-2-3-5-14(13)18-15/h2-9H,10H2,1H3/t19-/m0/s1. The molecule has 2 aromatic carbocycles. The van der Waals surface area contributed by atoms with Gasteiger partial charge in [0, 0.05) is 4.90 Å². The van der Waals surface area contributed by atoms with Crippen LogP contribution < -0.4 is 0 Å². The molecule has 0 saturated heterocycles. The Balaban J connectivity index is 1.84. The number of nitrogens with zero attached hydrogens (tertiary/aromatic N) is 1. The van der Waals surface area contributed by atoms with Crippen molar-refractivity contribution in [3.8, 4) is 0 Å². The lowest BCUT2D eigenvalue weighted by Gasteiger charge is -1.99. The van der Waals surface area contributed by atoms with Gasteiger partial charge in [-0.25, -0.2) is 4.98 Å². The summed E-state index contributed by atoms with van der Waals surface area (Å²) in [6.07, 6.45) is 0. The first-order valence-corrected chi connectivity index (χ1v) is 7.34. The van der Waals surface area contributed by atoms with E-state index in [-0.39, 0.29) is 0 Å². The third-order valence-electron chi connectivity index (χ3n) is 2.88.